The zero-order valence-corrected chi connectivity index (χ0v) is 9.70. The van der Waals surface area contributed by atoms with Gasteiger partial charge in [0.15, 0.2) is 0 Å². The van der Waals surface area contributed by atoms with Crippen molar-refractivity contribution >= 4 is 12.2 Å². The second kappa shape index (κ2) is 3.71. The zero-order chi connectivity index (χ0) is 10.3. The Morgan fingerprint density at radius 3 is 2.73 bits per heavy atom. The molecule has 15 heavy (non-hydrogen) atoms. The van der Waals surface area contributed by atoms with Crippen LogP contribution in [0.25, 0.3) is 0 Å². The lowest BCUT2D eigenvalue weighted by Gasteiger charge is -2.10. The van der Waals surface area contributed by atoms with Crippen molar-refractivity contribution in [1.29, 1.82) is 0 Å². The maximum atomic E-state index is 5.37. The van der Waals surface area contributed by atoms with Crippen molar-refractivity contribution in [2.75, 3.05) is 0 Å². The molecule has 0 amide bonds. The predicted octanol–water partition coefficient (Wildman–Crippen LogP) is 3.29. The summed E-state index contributed by atoms with van der Waals surface area (Å²) in [5.74, 6) is 1.82. The minimum absolute atomic E-state index is 0.651. The zero-order valence-electron chi connectivity index (χ0n) is 8.88. The standard InChI is InChI=1S/C12H16N2S/c15-12-9-6-3-7-10(9)13-11(14-12)8-4-1-2-5-8/h8H,1-7H2,(H,13,14,15). The Bertz CT molecular complexity index is 430. The fourth-order valence-electron chi connectivity index (χ4n) is 2.87. The van der Waals surface area contributed by atoms with Crippen LogP contribution in [0.15, 0.2) is 0 Å². The molecular formula is C12H16N2S. The van der Waals surface area contributed by atoms with Gasteiger partial charge in [0.2, 0.25) is 0 Å². The van der Waals surface area contributed by atoms with Gasteiger partial charge in [-0.2, -0.15) is 0 Å². The minimum atomic E-state index is 0.651. The normalized spacial score (nSPS) is 20.8. The van der Waals surface area contributed by atoms with E-state index in [0.717, 1.165) is 16.9 Å². The highest BCUT2D eigenvalue weighted by molar-refractivity contribution is 7.71. The van der Waals surface area contributed by atoms with Gasteiger partial charge in [0.05, 0.1) is 0 Å². The molecule has 1 fully saturated rings. The first kappa shape index (κ1) is 9.52. The van der Waals surface area contributed by atoms with Crippen LogP contribution >= 0.6 is 12.2 Å². The third-order valence-corrected chi connectivity index (χ3v) is 4.06. The molecule has 2 nitrogen and oxygen atoms in total. The van der Waals surface area contributed by atoms with Crippen molar-refractivity contribution in [2.45, 2.75) is 50.9 Å². The molecule has 3 rings (SSSR count). The maximum absolute atomic E-state index is 5.37. The highest BCUT2D eigenvalue weighted by Crippen LogP contribution is 2.33. The lowest BCUT2D eigenvalue weighted by Crippen LogP contribution is -2.04. The molecule has 1 N–H and O–H groups in total. The summed E-state index contributed by atoms with van der Waals surface area (Å²) < 4.78 is 0.864. The summed E-state index contributed by atoms with van der Waals surface area (Å²) in [6.07, 6.45) is 8.82. The van der Waals surface area contributed by atoms with E-state index in [-0.39, 0.29) is 0 Å². The largest absolute Gasteiger partial charge is 0.347 e. The number of rotatable bonds is 1. The van der Waals surface area contributed by atoms with E-state index < -0.39 is 0 Å². The third-order valence-electron chi connectivity index (χ3n) is 3.72. The van der Waals surface area contributed by atoms with Gasteiger partial charge in [-0.25, -0.2) is 4.98 Å². The number of aromatic nitrogens is 2. The number of aryl methyl sites for hydroxylation is 1. The second-order valence-corrected chi connectivity index (χ2v) is 5.11. The molecular weight excluding hydrogens is 204 g/mol. The summed E-state index contributed by atoms with van der Waals surface area (Å²) in [7, 11) is 0. The Hall–Kier alpha value is -0.700. The number of H-pyrrole nitrogens is 1. The Balaban J connectivity index is 2.03. The first-order valence-corrected chi connectivity index (χ1v) is 6.37. The summed E-state index contributed by atoms with van der Waals surface area (Å²) >= 11 is 5.37. The van der Waals surface area contributed by atoms with Crippen LogP contribution in [-0.4, -0.2) is 9.97 Å². The van der Waals surface area contributed by atoms with E-state index in [4.69, 9.17) is 12.2 Å². The lowest BCUT2D eigenvalue weighted by atomic mass is 10.1. The molecule has 0 aromatic carbocycles. The molecule has 0 spiro atoms. The number of nitrogens with zero attached hydrogens (tertiary/aromatic N) is 1. The lowest BCUT2D eigenvalue weighted by molar-refractivity contribution is 0.660. The van der Waals surface area contributed by atoms with Crippen LogP contribution in [0, 0.1) is 4.64 Å². The molecule has 0 atom stereocenters. The van der Waals surface area contributed by atoms with Crippen LogP contribution in [0.1, 0.15) is 55.1 Å². The van der Waals surface area contributed by atoms with Crippen molar-refractivity contribution < 1.29 is 0 Å². The van der Waals surface area contributed by atoms with Crippen LogP contribution < -0.4 is 0 Å². The highest BCUT2D eigenvalue weighted by atomic mass is 32.1. The van der Waals surface area contributed by atoms with Crippen molar-refractivity contribution in [2.24, 2.45) is 0 Å². The monoisotopic (exact) mass is 220 g/mol. The molecule has 2 aliphatic carbocycles. The fourth-order valence-corrected chi connectivity index (χ4v) is 3.19. The maximum Gasteiger partial charge on any atom is 0.133 e. The van der Waals surface area contributed by atoms with Gasteiger partial charge >= 0.3 is 0 Å². The Kier molecular flexibility index (Phi) is 2.35. The first-order valence-electron chi connectivity index (χ1n) is 5.96. The SMILES string of the molecule is S=c1nc(C2CCCC2)[nH]c2c1CCC2. The highest BCUT2D eigenvalue weighted by Gasteiger charge is 2.22. The molecule has 0 unspecified atom stereocenters. The Morgan fingerprint density at radius 1 is 1.13 bits per heavy atom. The number of hydrogen-bond acceptors (Lipinski definition) is 2. The van der Waals surface area contributed by atoms with Gasteiger partial charge in [0, 0.05) is 17.2 Å². The third kappa shape index (κ3) is 1.63. The smallest absolute Gasteiger partial charge is 0.133 e. The van der Waals surface area contributed by atoms with Gasteiger partial charge in [-0.15, -0.1) is 0 Å². The molecule has 3 heteroatoms. The van der Waals surface area contributed by atoms with Gasteiger partial charge < -0.3 is 4.98 Å². The molecule has 0 aliphatic heterocycles. The number of hydrogen-bond donors (Lipinski definition) is 1. The molecule has 0 radical (unpaired) electrons. The quantitative estimate of drug-likeness (QED) is 0.736. The topological polar surface area (TPSA) is 28.7 Å². The number of aromatic amines is 1. The second-order valence-electron chi connectivity index (χ2n) is 4.72. The molecule has 0 saturated heterocycles. The van der Waals surface area contributed by atoms with E-state index in [9.17, 15) is 0 Å². The van der Waals surface area contributed by atoms with Crippen LogP contribution in [0.2, 0.25) is 0 Å². The van der Waals surface area contributed by atoms with Gasteiger partial charge in [-0.05, 0) is 32.1 Å². The van der Waals surface area contributed by atoms with Gasteiger partial charge in [0.1, 0.15) is 10.5 Å². The molecule has 1 aromatic rings. The van der Waals surface area contributed by atoms with E-state index in [0.29, 0.717) is 5.92 Å². The average molecular weight is 220 g/mol. The summed E-state index contributed by atoms with van der Waals surface area (Å²) in [4.78, 5) is 8.12. The predicted molar refractivity (Wildman–Crippen MR) is 62.7 cm³/mol. The van der Waals surface area contributed by atoms with Gasteiger partial charge in [0.25, 0.3) is 0 Å². The van der Waals surface area contributed by atoms with Gasteiger partial charge in [-0.1, -0.05) is 25.1 Å². The van der Waals surface area contributed by atoms with Crippen LogP contribution in [-0.2, 0) is 12.8 Å². The van der Waals surface area contributed by atoms with E-state index in [1.165, 1.54) is 49.8 Å². The fraction of sp³-hybridized carbons (Fsp3) is 0.667. The van der Waals surface area contributed by atoms with Crippen LogP contribution in [0.3, 0.4) is 0 Å². The van der Waals surface area contributed by atoms with Crippen molar-refractivity contribution in [3.05, 3.63) is 21.7 Å². The van der Waals surface area contributed by atoms with Crippen LogP contribution in [0.4, 0.5) is 0 Å². The van der Waals surface area contributed by atoms with E-state index in [1.54, 1.807) is 0 Å². The molecule has 80 valence electrons. The van der Waals surface area contributed by atoms with Crippen molar-refractivity contribution in [1.82, 2.24) is 9.97 Å². The Labute approximate surface area is 95.1 Å². The summed E-state index contributed by atoms with van der Waals surface area (Å²) in [5, 5.41) is 0. The molecule has 1 saturated carbocycles. The van der Waals surface area contributed by atoms with E-state index in [2.05, 4.69) is 9.97 Å². The average Bonchev–Trinajstić information content (AvgIpc) is 2.88. The first-order chi connectivity index (χ1) is 7.34. The number of nitrogens with one attached hydrogen (secondary N) is 1. The van der Waals surface area contributed by atoms with E-state index in [1.807, 2.05) is 0 Å². The summed E-state index contributed by atoms with van der Waals surface area (Å²) in [5.41, 5.74) is 2.68. The Morgan fingerprint density at radius 2 is 1.93 bits per heavy atom. The molecule has 1 aromatic heterocycles. The van der Waals surface area contributed by atoms with Gasteiger partial charge in [-0.3, -0.25) is 0 Å². The number of fused-ring (bicyclic) bond motifs is 1. The minimum Gasteiger partial charge on any atom is -0.347 e. The van der Waals surface area contributed by atoms with Crippen molar-refractivity contribution in [3.63, 3.8) is 0 Å². The molecule has 1 heterocycles. The molecule has 0 bridgehead atoms. The van der Waals surface area contributed by atoms with Crippen molar-refractivity contribution in [3.8, 4) is 0 Å². The van der Waals surface area contributed by atoms with Crippen LogP contribution in [0.5, 0.6) is 0 Å². The summed E-state index contributed by atoms with van der Waals surface area (Å²) in [6, 6.07) is 0. The van der Waals surface area contributed by atoms with E-state index >= 15 is 0 Å². The molecule has 2 aliphatic rings. The summed E-state index contributed by atoms with van der Waals surface area (Å²) in [6.45, 7) is 0.